The molecule has 1 fully saturated rings. The number of benzene rings is 1. The number of halogens is 2. The van der Waals surface area contributed by atoms with Gasteiger partial charge in [-0.25, -0.2) is 4.39 Å². The average Bonchev–Trinajstić information content (AvgIpc) is 2.53. The highest BCUT2D eigenvalue weighted by Gasteiger charge is 2.30. The maximum Gasteiger partial charge on any atom is 0.240 e. The van der Waals surface area contributed by atoms with Gasteiger partial charge in [0.1, 0.15) is 5.82 Å². The molecular weight excluding hydrogens is 333 g/mol. The molecule has 1 aliphatic heterocycles. The first kappa shape index (κ1) is 20.4. The highest BCUT2D eigenvalue weighted by Crippen LogP contribution is 2.13. The van der Waals surface area contributed by atoms with Crippen LogP contribution in [0.2, 0.25) is 0 Å². The first-order valence-corrected chi connectivity index (χ1v) is 8.14. The van der Waals surface area contributed by atoms with Gasteiger partial charge in [-0.15, -0.1) is 12.4 Å². The van der Waals surface area contributed by atoms with Gasteiger partial charge in [0, 0.05) is 31.7 Å². The van der Waals surface area contributed by atoms with Crippen molar-refractivity contribution in [2.24, 2.45) is 0 Å². The fourth-order valence-electron chi connectivity index (χ4n) is 2.60. The number of nitrogens with zero attached hydrogens (tertiary/aromatic N) is 1. The van der Waals surface area contributed by atoms with Crippen LogP contribution in [-0.2, 0) is 16.1 Å². The minimum absolute atomic E-state index is 0. The molecule has 0 saturated carbocycles. The number of unbranched alkanes of at least 4 members (excludes halogenated alkanes) is 1. The summed E-state index contributed by atoms with van der Waals surface area (Å²) < 4.78 is 13.7. The van der Waals surface area contributed by atoms with E-state index >= 15 is 0 Å². The molecule has 1 heterocycles. The maximum absolute atomic E-state index is 13.7. The van der Waals surface area contributed by atoms with E-state index in [9.17, 15) is 14.0 Å². The molecule has 134 valence electrons. The first-order valence-electron chi connectivity index (χ1n) is 8.14. The van der Waals surface area contributed by atoms with E-state index in [-0.39, 0.29) is 43.0 Å². The van der Waals surface area contributed by atoms with E-state index < -0.39 is 6.04 Å². The minimum atomic E-state index is -0.530. The molecule has 0 aliphatic carbocycles. The van der Waals surface area contributed by atoms with E-state index in [0.717, 1.165) is 12.8 Å². The molecule has 1 aromatic rings. The van der Waals surface area contributed by atoms with Crippen molar-refractivity contribution in [2.75, 3.05) is 19.6 Å². The molecule has 2 N–H and O–H groups in total. The summed E-state index contributed by atoms with van der Waals surface area (Å²) in [6.07, 6.45) is 2.06. The number of carbonyl (C=O) groups excluding carboxylic acids is 2. The molecule has 2 amide bonds. The standard InChI is InChI=1S/C17H24FN3O2.ClH/c1-2-3-8-20-16(22)11-15-17(23)21(10-9-19-15)12-13-6-4-5-7-14(13)18;/h4-7,15,19H,2-3,8-12H2,1H3,(H,20,22);1H. The largest absolute Gasteiger partial charge is 0.356 e. The van der Waals surface area contributed by atoms with Crippen molar-refractivity contribution < 1.29 is 14.0 Å². The fourth-order valence-corrected chi connectivity index (χ4v) is 2.60. The molecule has 5 nitrogen and oxygen atoms in total. The van der Waals surface area contributed by atoms with E-state index in [2.05, 4.69) is 17.6 Å². The van der Waals surface area contributed by atoms with Gasteiger partial charge in [0.25, 0.3) is 0 Å². The van der Waals surface area contributed by atoms with Gasteiger partial charge >= 0.3 is 0 Å². The van der Waals surface area contributed by atoms with Crippen LogP contribution >= 0.6 is 12.4 Å². The molecule has 1 aliphatic rings. The Bertz CT molecular complexity index is 556. The van der Waals surface area contributed by atoms with Gasteiger partial charge in [0.05, 0.1) is 12.5 Å². The van der Waals surface area contributed by atoms with Crippen molar-refractivity contribution in [3.8, 4) is 0 Å². The van der Waals surface area contributed by atoms with Gasteiger partial charge < -0.3 is 15.5 Å². The van der Waals surface area contributed by atoms with Crippen LogP contribution in [0.15, 0.2) is 24.3 Å². The Hall–Kier alpha value is -1.66. The summed E-state index contributed by atoms with van der Waals surface area (Å²) in [4.78, 5) is 25.9. The Kier molecular flexibility index (Phi) is 8.71. The lowest BCUT2D eigenvalue weighted by atomic mass is 10.1. The van der Waals surface area contributed by atoms with Crippen LogP contribution in [0.3, 0.4) is 0 Å². The lowest BCUT2D eigenvalue weighted by Crippen LogP contribution is -2.55. The monoisotopic (exact) mass is 357 g/mol. The molecule has 1 atom stereocenters. The lowest BCUT2D eigenvalue weighted by molar-refractivity contribution is -0.138. The second-order valence-corrected chi connectivity index (χ2v) is 5.77. The van der Waals surface area contributed by atoms with Crippen molar-refractivity contribution in [3.63, 3.8) is 0 Å². The van der Waals surface area contributed by atoms with Gasteiger partial charge in [-0.1, -0.05) is 31.5 Å². The summed E-state index contributed by atoms with van der Waals surface area (Å²) in [5, 5.41) is 5.89. The summed E-state index contributed by atoms with van der Waals surface area (Å²) in [7, 11) is 0. The summed E-state index contributed by atoms with van der Waals surface area (Å²) in [6, 6.07) is 5.92. The Morgan fingerprint density at radius 1 is 1.42 bits per heavy atom. The van der Waals surface area contributed by atoms with Crippen LogP contribution in [0.4, 0.5) is 4.39 Å². The molecule has 2 rings (SSSR count). The number of piperazine rings is 1. The Balaban J connectivity index is 0.00000288. The Morgan fingerprint density at radius 3 is 2.88 bits per heavy atom. The molecular formula is C17H25ClFN3O2. The van der Waals surface area contributed by atoms with Crippen LogP contribution in [0.5, 0.6) is 0 Å². The minimum Gasteiger partial charge on any atom is -0.356 e. The van der Waals surface area contributed by atoms with E-state index in [4.69, 9.17) is 0 Å². The normalized spacial score (nSPS) is 17.3. The zero-order valence-corrected chi connectivity index (χ0v) is 14.7. The Labute approximate surface area is 148 Å². The van der Waals surface area contributed by atoms with Crippen molar-refractivity contribution in [1.29, 1.82) is 0 Å². The van der Waals surface area contributed by atoms with E-state index in [1.54, 1.807) is 23.1 Å². The summed E-state index contributed by atoms with van der Waals surface area (Å²) in [5.41, 5.74) is 0.494. The number of hydrogen-bond acceptors (Lipinski definition) is 3. The molecule has 0 aromatic heterocycles. The highest BCUT2D eigenvalue weighted by molar-refractivity contribution is 5.88. The second kappa shape index (κ2) is 10.3. The zero-order valence-electron chi connectivity index (χ0n) is 13.9. The molecule has 0 bridgehead atoms. The molecule has 24 heavy (non-hydrogen) atoms. The summed E-state index contributed by atoms with van der Waals surface area (Å²) >= 11 is 0. The molecule has 0 spiro atoms. The van der Waals surface area contributed by atoms with Crippen molar-refractivity contribution in [2.45, 2.75) is 38.8 Å². The predicted octanol–water partition coefficient (Wildman–Crippen LogP) is 1.85. The van der Waals surface area contributed by atoms with Crippen LogP contribution in [-0.4, -0.2) is 42.4 Å². The van der Waals surface area contributed by atoms with E-state index in [1.807, 2.05) is 0 Å². The van der Waals surface area contributed by atoms with Gasteiger partial charge in [-0.05, 0) is 12.5 Å². The van der Waals surface area contributed by atoms with Crippen molar-refractivity contribution in [1.82, 2.24) is 15.5 Å². The first-order chi connectivity index (χ1) is 11.1. The SMILES string of the molecule is CCCCNC(=O)CC1NCCN(Cc2ccccc2F)C1=O.Cl. The predicted molar refractivity (Wildman–Crippen MR) is 93.4 cm³/mol. The highest BCUT2D eigenvalue weighted by atomic mass is 35.5. The molecule has 1 unspecified atom stereocenters. The average molecular weight is 358 g/mol. The number of carbonyl (C=O) groups is 2. The number of hydrogen-bond donors (Lipinski definition) is 2. The van der Waals surface area contributed by atoms with Gasteiger partial charge in [0.2, 0.25) is 11.8 Å². The van der Waals surface area contributed by atoms with Gasteiger partial charge in [0.15, 0.2) is 0 Å². The van der Waals surface area contributed by atoms with E-state index in [1.165, 1.54) is 6.07 Å². The lowest BCUT2D eigenvalue weighted by Gasteiger charge is -2.33. The number of amides is 2. The molecule has 7 heteroatoms. The van der Waals surface area contributed by atoms with Crippen LogP contribution < -0.4 is 10.6 Å². The van der Waals surface area contributed by atoms with Crippen LogP contribution in [0.25, 0.3) is 0 Å². The zero-order chi connectivity index (χ0) is 16.7. The number of nitrogens with one attached hydrogen (secondary N) is 2. The maximum atomic E-state index is 13.7. The quantitative estimate of drug-likeness (QED) is 0.732. The molecule has 0 radical (unpaired) electrons. The topological polar surface area (TPSA) is 61.4 Å². The molecule has 1 aromatic carbocycles. The van der Waals surface area contributed by atoms with Crippen LogP contribution in [0, 0.1) is 5.82 Å². The smallest absolute Gasteiger partial charge is 0.240 e. The van der Waals surface area contributed by atoms with Gasteiger partial charge in [-0.3, -0.25) is 9.59 Å². The second-order valence-electron chi connectivity index (χ2n) is 5.77. The fraction of sp³-hybridized carbons (Fsp3) is 0.529. The summed E-state index contributed by atoms with van der Waals surface area (Å²) in [5.74, 6) is -0.588. The van der Waals surface area contributed by atoms with Crippen molar-refractivity contribution in [3.05, 3.63) is 35.6 Å². The van der Waals surface area contributed by atoms with E-state index in [0.29, 0.717) is 25.2 Å². The van der Waals surface area contributed by atoms with Crippen LogP contribution in [0.1, 0.15) is 31.7 Å². The Morgan fingerprint density at radius 2 is 2.17 bits per heavy atom. The third kappa shape index (κ3) is 5.76. The third-order valence-electron chi connectivity index (χ3n) is 3.94. The summed E-state index contributed by atoms with van der Waals surface area (Å²) in [6.45, 7) is 4.05. The van der Waals surface area contributed by atoms with Crippen molar-refractivity contribution >= 4 is 24.2 Å². The third-order valence-corrected chi connectivity index (χ3v) is 3.94. The molecule has 1 saturated heterocycles. The van der Waals surface area contributed by atoms with Gasteiger partial charge in [-0.2, -0.15) is 0 Å². The number of rotatable bonds is 7.